The lowest BCUT2D eigenvalue weighted by atomic mass is 10.2. The van der Waals surface area contributed by atoms with Gasteiger partial charge in [-0.25, -0.2) is 0 Å². The molecule has 8 heteroatoms. The van der Waals surface area contributed by atoms with Crippen LogP contribution in [0, 0.1) is 0 Å². The van der Waals surface area contributed by atoms with Crippen molar-refractivity contribution < 1.29 is 14.3 Å². The Balaban J connectivity index is 0.00000529. The number of rotatable bonds is 7. The van der Waals surface area contributed by atoms with E-state index in [-0.39, 0.29) is 29.9 Å². The molecule has 0 aliphatic heterocycles. The van der Waals surface area contributed by atoms with Gasteiger partial charge in [0.15, 0.2) is 17.5 Å². The summed E-state index contributed by atoms with van der Waals surface area (Å²) in [4.78, 5) is 17.5. The second kappa shape index (κ2) is 11.8. The largest absolute Gasteiger partial charge is 0.493 e. The van der Waals surface area contributed by atoms with E-state index >= 15 is 0 Å². The fourth-order valence-corrected chi connectivity index (χ4v) is 1.84. The normalized spacial score (nSPS) is 10.5. The SMILES string of the molecule is CCNC(=NCCC(=O)N(C)C)Nc1ccc(OC)c(OC)c1.I. The number of benzene rings is 1. The van der Waals surface area contributed by atoms with Crippen LogP contribution in [0.4, 0.5) is 5.69 Å². The molecule has 1 aromatic rings. The number of hydrogen-bond acceptors (Lipinski definition) is 4. The molecule has 0 saturated carbocycles. The van der Waals surface area contributed by atoms with Crippen LogP contribution in [0.15, 0.2) is 23.2 Å². The lowest BCUT2D eigenvalue weighted by Gasteiger charge is -2.14. The van der Waals surface area contributed by atoms with Gasteiger partial charge in [0.25, 0.3) is 0 Å². The molecule has 0 aromatic heterocycles. The number of guanidine groups is 1. The number of hydrogen-bond donors (Lipinski definition) is 2. The third-order valence-electron chi connectivity index (χ3n) is 3.08. The van der Waals surface area contributed by atoms with E-state index in [0.717, 1.165) is 12.2 Å². The summed E-state index contributed by atoms with van der Waals surface area (Å²) in [6.07, 6.45) is 0.371. The Kier molecular flexibility index (Phi) is 10.9. The molecule has 0 bridgehead atoms. The predicted molar refractivity (Wildman–Crippen MR) is 108 cm³/mol. The number of halogens is 1. The van der Waals surface area contributed by atoms with E-state index in [9.17, 15) is 4.79 Å². The van der Waals surface area contributed by atoms with Gasteiger partial charge in [-0.15, -0.1) is 24.0 Å². The van der Waals surface area contributed by atoms with Gasteiger partial charge in [-0.2, -0.15) is 0 Å². The van der Waals surface area contributed by atoms with Crippen molar-refractivity contribution in [3.8, 4) is 11.5 Å². The number of methoxy groups -OCH3 is 2. The topological polar surface area (TPSA) is 75.2 Å². The second-order valence-corrected chi connectivity index (χ2v) is 4.99. The third-order valence-corrected chi connectivity index (χ3v) is 3.08. The van der Waals surface area contributed by atoms with Gasteiger partial charge >= 0.3 is 0 Å². The summed E-state index contributed by atoms with van der Waals surface area (Å²) >= 11 is 0. The number of nitrogens with one attached hydrogen (secondary N) is 2. The van der Waals surface area contributed by atoms with E-state index in [0.29, 0.717) is 30.4 Å². The standard InChI is InChI=1S/C16H26N4O3.HI/c1-6-17-16(18-10-9-15(21)20(2)3)19-12-7-8-13(22-4)14(11-12)23-5;/h7-8,11H,6,9-10H2,1-5H3,(H2,17,18,19);1H. The van der Waals surface area contributed by atoms with Crippen molar-refractivity contribution in [1.82, 2.24) is 10.2 Å². The fraction of sp³-hybridized carbons (Fsp3) is 0.500. The Morgan fingerprint density at radius 1 is 1.21 bits per heavy atom. The van der Waals surface area contributed by atoms with Crippen molar-refractivity contribution in [1.29, 1.82) is 0 Å². The Bertz CT molecular complexity index is 550. The van der Waals surface area contributed by atoms with Gasteiger partial charge in [-0.1, -0.05) is 0 Å². The summed E-state index contributed by atoms with van der Waals surface area (Å²) in [5, 5.41) is 6.33. The van der Waals surface area contributed by atoms with Gasteiger partial charge < -0.3 is 25.0 Å². The molecule has 0 fully saturated rings. The van der Waals surface area contributed by atoms with Crippen molar-refractivity contribution in [3.05, 3.63) is 18.2 Å². The molecule has 1 rings (SSSR count). The van der Waals surface area contributed by atoms with Gasteiger partial charge in [0.1, 0.15) is 0 Å². The summed E-state index contributed by atoms with van der Waals surface area (Å²) in [6, 6.07) is 5.52. The fourth-order valence-electron chi connectivity index (χ4n) is 1.84. The maximum atomic E-state index is 11.6. The smallest absolute Gasteiger partial charge is 0.223 e. The number of nitrogens with zero attached hydrogens (tertiary/aromatic N) is 2. The molecule has 7 nitrogen and oxygen atoms in total. The average molecular weight is 450 g/mol. The minimum Gasteiger partial charge on any atom is -0.493 e. The monoisotopic (exact) mass is 450 g/mol. The number of ether oxygens (including phenoxy) is 2. The highest BCUT2D eigenvalue weighted by atomic mass is 127. The highest BCUT2D eigenvalue weighted by Gasteiger charge is 2.07. The van der Waals surface area contributed by atoms with Crippen molar-refractivity contribution in [2.24, 2.45) is 4.99 Å². The van der Waals surface area contributed by atoms with E-state index < -0.39 is 0 Å². The maximum absolute atomic E-state index is 11.6. The summed E-state index contributed by atoms with van der Waals surface area (Å²) in [5.74, 6) is 1.97. The molecule has 2 N–H and O–H groups in total. The van der Waals surface area contributed by atoms with Gasteiger partial charge in [-0.3, -0.25) is 9.79 Å². The molecule has 0 saturated heterocycles. The Morgan fingerprint density at radius 3 is 2.42 bits per heavy atom. The number of anilines is 1. The quantitative estimate of drug-likeness (QED) is 0.379. The highest BCUT2D eigenvalue weighted by molar-refractivity contribution is 14.0. The lowest BCUT2D eigenvalue weighted by molar-refractivity contribution is -0.128. The summed E-state index contributed by atoms with van der Waals surface area (Å²) in [5.41, 5.74) is 0.821. The molecule has 0 aliphatic carbocycles. The molecule has 1 aromatic carbocycles. The van der Waals surface area contributed by atoms with E-state index in [1.807, 2.05) is 25.1 Å². The van der Waals surface area contributed by atoms with Crippen LogP contribution in [0.3, 0.4) is 0 Å². The van der Waals surface area contributed by atoms with Crippen LogP contribution < -0.4 is 20.1 Å². The zero-order valence-corrected chi connectivity index (χ0v) is 17.2. The first-order valence-corrected chi connectivity index (χ1v) is 7.49. The first-order chi connectivity index (χ1) is 11.0. The predicted octanol–water partition coefficient (Wildman–Crippen LogP) is 2.18. The van der Waals surface area contributed by atoms with E-state index in [1.165, 1.54) is 0 Å². The van der Waals surface area contributed by atoms with E-state index in [4.69, 9.17) is 9.47 Å². The highest BCUT2D eigenvalue weighted by Crippen LogP contribution is 2.29. The molecule has 136 valence electrons. The maximum Gasteiger partial charge on any atom is 0.223 e. The van der Waals surface area contributed by atoms with Crippen molar-refractivity contribution in [2.45, 2.75) is 13.3 Å². The Morgan fingerprint density at radius 2 is 1.88 bits per heavy atom. The molecule has 0 aliphatic rings. The Labute approximate surface area is 160 Å². The minimum absolute atomic E-state index is 0. The molecular formula is C16H27IN4O3. The van der Waals surface area contributed by atoms with Gasteiger partial charge in [0, 0.05) is 38.8 Å². The van der Waals surface area contributed by atoms with Crippen LogP contribution >= 0.6 is 24.0 Å². The van der Waals surface area contributed by atoms with Crippen LogP contribution in [0.5, 0.6) is 11.5 Å². The summed E-state index contributed by atoms with van der Waals surface area (Å²) < 4.78 is 10.5. The molecular weight excluding hydrogens is 423 g/mol. The van der Waals surface area contributed by atoms with Crippen molar-refractivity contribution in [2.75, 3.05) is 46.7 Å². The number of amides is 1. The Hall–Kier alpha value is -1.71. The average Bonchev–Trinajstić information content (AvgIpc) is 2.54. The van der Waals surface area contributed by atoms with Crippen molar-refractivity contribution in [3.63, 3.8) is 0 Å². The number of carbonyl (C=O) groups excluding carboxylic acids is 1. The molecule has 0 spiro atoms. The second-order valence-electron chi connectivity index (χ2n) is 4.99. The van der Waals surface area contributed by atoms with Gasteiger partial charge in [0.05, 0.1) is 20.8 Å². The lowest BCUT2D eigenvalue weighted by Crippen LogP contribution is -2.31. The molecule has 0 unspecified atom stereocenters. The minimum atomic E-state index is 0. The molecule has 1 amide bonds. The van der Waals surface area contributed by atoms with Crippen LogP contribution in [-0.2, 0) is 4.79 Å². The van der Waals surface area contributed by atoms with Gasteiger partial charge in [0.2, 0.25) is 5.91 Å². The zero-order chi connectivity index (χ0) is 17.2. The van der Waals surface area contributed by atoms with E-state index in [1.54, 1.807) is 33.2 Å². The summed E-state index contributed by atoms with van der Waals surface area (Å²) in [6.45, 7) is 3.12. The van der Waals surface area contributed by atoms with Crippen molar-refractivity contribution >= 4 is 41.5 Å². The third kappa shape index (κ3) is 7.24. The first-order valence-electron chi connectivity index (χ1n) is 7.49. The van der Waals surface area contributed by atoms with Crippen LogP contribution in [0.25, 0.3) is 0 Å². The first kappa shape index (κ1) is 22.3. The van der Waals surface area contributed by atoms with Crippen LogP contribution in [-0.4, -0.2) is 58.2 Å². The van der Waals surface area contributed by atoms with Gasteiger partial charge in [-0.05, 0) is 19.1 Å². The molecule has 0 heterocycles. The molecule has 0 atom stereocenters. The summed E-state index contributed by atoms with van der Waals surface area (Å²) in [7, 11) is 6.66. The molecule has 24 heavy (non-hydrogen) atoms. The van der Waals surface area contributed by atoms with E-state index in [2.05, 4.69) is 15.6 Å². The number of aliphatic imine (C=N–C) groups is 1. The van der Waals surface area contributed by atoms with Crippen LogP contribution in [0.2, 0.25) is 0 Å². The molecule has 0 radical (unpaired) electrons. The number of carbonyl (C=O) groups is 1. The van der Waals surface area contributed by atoms with Crippen LogP contribution in [0.1, 0.15) is 13.3 Å². The zero-order valence-electron chi connectivity index (χ0n) is 14.9.